The molecule has 2 nitrogen and oxygen atoms in total. The van der Waals surface area contributed by atoms with Crippen molar-refractivity contribution in [1.29, 1.82) is 0 Å². The molecule has 2 aliphatic rings. The van der Waals surface area contributed by atoms with Gasteiger partial charge in [-0.25, -0.2) is 0 Å². The molecule has 1 aliphatic carbocycles. The van der Waals surface area contributed by atoms with Crippen molar-refractivity contribution in [3.8, 4) is 0 Å². The lowest BCUT2D eigenvalue weighted by Crippen LogP contribution is -2.44. The van der Waals surface area contributed by atoms with Gasteiger partial charge in [-0.05, 0) is 45.2 Å². The number of nitrogens with zero attached hydrogens (tertiary/aromatic N) is 1. The Balaban J connectivity index is 1.76. The summed E-state index contributed by atoms with van der Waals surface area (Å²) in [7, 11) is 2.34. The topological polar surface area (TPSA) is 15.3 Å². The Morgan fingerprint density at radius 1 is 1.06 bits per heavy atom. The van der Waals surface area contributed by atoms with Crippen molar-refractivity contribution in [1.82, 2.24) is 10.2 Å². The largest absolute Gasteiger partial charge is 0.313 e. The number of likely N-dealkylation sites (N-methyl/N-ethyl adjacent to an activating group) is 1. The molecule has 0 aromatic rings. The molecular weight excluding hydrogens is 208 g/mol. The van der Waals surface area contributed by atoms with Crippen LogP contribution in [0.1, 0.15) is 58.3 Å². The van der Waals surface area contributed by atoms with E-state index in [1.807, 2.05) is 0 Å². The van der Waals surface area contributed by atoms with E-state index in [0.29, 0.717) is 0 Å². The minimum absolute atomic E-state index is 0.750. The minimum Gasteiger partial charge on any atom is -0.313 e. The summed E-state index contributed by atoms with van der Waals surface area (Å²) >= 11 is 0. The maximum atomic E-state index is 3.72. The maximum Gasteiger partial charge on any atom is 0.0195 e. The van der Waals surface area contributed by atoms with Crippen molar-refractivity contribution < 1.29 is 0 Å². The molecule has 0 bridgehead atoms. The molecule has 0 aromatic heterocycles. The fourth-order valence-electron chi connectivity index (χ4n) is 3.56. The summed E-state index contributed by atoms with van der Waals surface area (Å²) in [5.41, 5.74) is 0. The number of nitrogens with one attached hydrogen (secondary N) is 1. The van der Waals surface area contributed by atoms with Crippen molar-refractivity contribution in [3.05, 3.63) is 0 Å². The van der Waals surface area contributed by atoms with Crippen molar-refractivity contribution >= 4 is 0 Å². The smallest absolute Gasteiger partial charge is 0.0195 e. The Morgan fingerprint density at radius 2 is 1.94 bits per heavy atom. The zero-order valence-corrected chi connectivity index (χ0v) is 11.8. The van der Waals surface area contributed by atoms with Gasteiger partial charge in [-0.2, -0.15) is 0 Å². The Hall–Kier alpha value is -0.0800. The maximum absolute atomic E-state index is 3.72. The molecule has 0 spiro atoms. The fraction of sp³-hybridized carbons (Fsp3) is 1.00. The zero-order valence-electron chi connectivity index (χ0n) is 11.8. The van der Waals surface area contributed by atoms with E-state index in [1.54, 1.807) is 0 Å². The first-order valence-electron chi connectivity index (χ1n) is 7.69. The molecule has 0 amide bonds. The summed E-state index contributed by atoms with van der Waals surface area (Å²) in [6.45, 7) is 4.92. The van der Waals surface area contributed by atoms with Gasteiger partial charge in [0, 0.05) is 18.6 Å². The minimum atomic E-state index is 0.750. The lowest BCUT2D eigenvalue weighted by Gasteiger charge is -2.36. The lowest BCUT2D eigenvalue weighted by molar-refractivity contribution is 0.149. The van der Waals surface area contributed by atoms with E-state index >= 15 is 0 Å². The van der Waals surface area contributed by atoms with E-state index in [1.165, 1.54) is 64.5 Å². The SMILES string of the molecule is CC1CCCC(N(C)CC2CCCCCN2)C1. The first kappa shape index (κ1) is 13.4. The van der Waals surface area contributed by atoms with E-state index in [2.05, 4.69) is 24.2 Å². The third-order valence-electron chi connectivity index (χ3n) is 4.70. The highest BCUT2D eigenvalue weighted by Crippen LogP contribution is 2.27. The molecule has 0 radical (unpaired) electrons. The molecule has 3 atom stereocenters. The summed E-state index contributed by atoms with van der Waals surface area (Å²) < 4.78 is 0. The Morgan fingerprint density at radius 3 is 2.76 bits per heavy atom. The predicted octanol–water partition coefficient (Wildman–Crippen LogP) is 3.03. The fourth-order valence-corrected chi connectivity index (χ4v) is 3.56. The predicted molar refractivity (Wildman–Crippen MR) is 74.3 cm³/mol. The molecule has 3 unspecified atom stereocenters. The lowest BCUT2D eigenvalue weighted by atomic mass is 9.86. The summed E-state index contributed by atoms with van der Waals surface area (Å²) in [4.78, 5) is 2.64. The van der Waals surface area contributed by atoms with Crippen LogP contribution in [0, 0.1) is 5.92 Å². The van der Waals surface area contributed by atoms with Crippen LogP contribution in [0.25, 0.3) is 0 Å². The summed E-state index contributed by atoms with van der Waals surface area (Å²) in [6.07, 6.45) is 11.3. The van der Waals surface area contributed by atoms with Gasteiger partial charge in [-0.1, -0.05) is 32.6 Å². The van der Waals surface area contributed by atoms with E-state index in [4.69, 9.17) is 0 Å². The highest BCUT2D eigenvalue weighted by Gasteiger charge is 2.24. The van der Waals surface area contributed by atoms with Crippen LogP contribution in [0.5, 0.6) is 0 Å². The van der Waals surface area contributed by atoms with Gasteiger partial charge >= 0.3 is 0 Å². The van der Waals surface area contributed by atoms with E-state index in [9.17, 15) is 0 Å². The van der Waals surface area contributed by atoms with Crippen LogP contribution < -0.4 is 5.32 Å². The molecule has 2 rings (SSSR count). The second-order valence-electron chi connectivity index (χ2n) is 6.37. The molecular formula is C15H30N2. The molecule has 2 heteroatoms. The number of hydrogen-bond acceptors (Lipinski definition) is 2. The van der Waals surface area contributed by atoms with Crippen LogP contribution in [-0.2, 0) is 0 Å². The van der Waals surface area contributed by atoms with Gasteiger partial charge in [-0.3, -0.25) is 0 Å². The van der Waals surface area contributed by atoms with Crippen molar-refractivity contribution in [2.24, 2.45) is 5.92 Å². The van der Waals surface area contributed by atoms with E-state index in [0.717, 1.165) is 18.0 Å². The highest BCUT2D eigenvalue weighted by molar-refractivity contribution is 4.81. The summed E-state index contributed by atoms with van der Waals surface area (Å²) in [5.74, 6) is 0.943. The second-order valence-corrected chi connectivity index (χ2v) is 6.37. The highest BCUT2D eigenvalue weighted by atomic mass is 15.2. The normalized spacial score (nSPS) is 35.8. The molecule has 2 fully saturated rings. The molecule has 1 N–H and O–H groups in total. The average molecular weight is 238 g/mol. The van der Waals surface area contributed by atoms with Crippen molar-refractivity contribution in [2.75, 3.05) is 20.1 Å². The van der Waals surface area contributed by atoms with Gasteiger partial charge in [0.15, 0.2) is 0 Å². The van der Waals surface area contributed by atoms with Crippen molar-refractivity contribution in [2.45, 2.75) is 70.4 Å². The quantitative estimate of drug-likeness (QED) is 0.813. The van der Waals surface area contributed by atoms with Crippen molar-refractivity contribution in [3.63, 3.8) is 0 Å². The van der Waals surface area contributed by atoms with Gasteiger partial charge in [0.25, 0.3) is 0 Å². The van der Waals surface area contributed by atoms with Gasteiger partial charge in [-0.15, -0.1) is 0 Å². The number of rotatable bonds is 3. The molecule has 1 saturated heterocycles. The Kier molecular flexibility index (Phi) is 5.30. The van der Waals surface area contributed by atoms with Gasteiger partial charge < -0.3 is 10.2 Å². The summed E-state index contributed by atoms with van der Waals surface area (Å²) in [5, 5.41) is 3.72. The molecule has 1 aliphatic heterocycles. The van der Waals surface area contributed by atoms with Crippen LogP contribution in [0.4, 0.5) is 0 Å². The monoisotopic (exact) mass is 238 g/mol. The van der Waals surface area contributed by atoms with Gasteiger partial charge in [0.1, 0.15) is 0 Å². The first-order valence-corrected chi connectivity index (χ1v) is 7.69. The van der Waals surface area contributed by atoms with Crippen LogP contribution >= 0.6 is 0 Å². The van der Waals surface area contributed by atoms with Crippen LogP contribution in [0.3, 0.4) is 0 Å². The van der Waals surface area contributed by atoms with Crippen LogP contribution in [0.15, 0.2) is 0 Å². The molecule has 100 valence electrons. The molecule has 0 aromatic carbocycles. The van der Waals surface area contributed by atoms with Gasteiger partial charge in [0.2, 0.25) is 0 Å². The van der Waals surface area contributed by atoms with Crippen LogP contribution in [-0.4, -0.2) is 37.1 Å². The first-order chi connectivity index (χ1) is 8.25. The average Bonchev–Trinajstić information content (AvgIpc) is 2.57. The van der Waals surface area contributed by atoms with Crippen LogP contribution in [0.2, 0.25) is 0 Å². The molecule has 1 saturated carbocycles. The Labute approximate surface area is 107 Å². The molecule has 1 heterocycles. The van der Waals surface area contributed by atoms with Gasteiger partial charge in [0.05, 0.1) is 0 Å². The third kappa shape index (κ3) is 4.26. The Bertz CT molecular complexity index is 209. The molecule has 17 heavy (non-hydrogen) atoms. The number of hydrogen-bond donors (Lipinski definition) is 1. The zero-order chi connectivity index (χ0) is 12.1. The van der Waals surface area contributed by atoms with E-state index in [-0.39, 0.29) is 0 Å². The third-order valence-corrected chi connectivity index (χ3v) is 4.70. The van der Waals surface area contributed by atoms with E-state index < -0.39 is 0 Å². The standard InChI is InChI=1S/C15H30N2/c1-13-7-6-9-15(11-13)17(2)12-14-8-4-3-5-10-16-14/h13-16H,3-12H2,1-2H3. The second kappa shape index (κ2) is 6.75. The summed E-state index contributed by atoms with van der Waals surface area (Å²) in [6, 6.07) is 1.60.